The zero-order valence-corrected chi connectivity index (χ0v) is 16.2. The lowest BCUT2D eigenvalue weighted by Gasteiger charge is -2.34. The van der Waals surface area contributed by atoms with Crippen molar-refractivity contribution in [1.29, 1.82) is 0 Å². The lowest BCUT2D eigenvalue weighted by molar-refractivity contribution is -0.136. The Balaban J connectivity index is 1.90. The third kappa shape index (κ3) is 5.25. The van der Waals surface area contributed by atoms with Gasteiger partial charge in [0.25, 0.3) is 0 Å². The van der Waals surface area contributed by atoms with Gasteiger partial charge in [0.15, 0.2) is 0 Å². The van der Waals surface area contributed by atoms with Crippen LogP contribution in [-0.2, 0) is 11.3 Å². The van der Waals surface area contributed by atoms with E-state index in [4.69, 9.17) is 23.2 Å². The molecule has 1 atom stereocenters. The summed E-state index contributed by atoms with van der Waals surface area (Å²) < 4.78 is 0. The van der Waals surface area contributed by atoms with Gasteiger partial charge in [-0.3, -0.25) is 4.79 Å². The molecule has 5 nitrogen and oxygen atoms in total. The number of likely N-dealkylation sites (tertiary alicyclic amines) is 1. The summed E-state index contributed by atoms with van der Waals surface area (Å²) in [6, 6.07) is 5.14. The lowest BCUT2D eigenvalue weighted by atomic mass is 9.96. The Morgan fingerprint density at radius 3 is 2.60 bits per heavy atom. The van der Waals surface area contributed by atoms with Crippen molar-refractivity contribution in [1.82, 2.24) is 15.1 Å². The predicted octanol–water partition coefficient (Wildman–Crippen LogP) is 3.78. The molecule has 1 unspecified atom stereocenters. The molecule has 0 aliphatic carbocycles. The summed E-state index contributed by atoms with van der Waals surface area (Å²) in [6.45, 7) is 6.89. The van der Waals surface area contributed by atoms with Crippen molar-refractivity contribution in [3.8, 4) is 0 Å². The van der Waals surface area contributed by atoms with Gasteiger partial charge in [0.1, 0.15) is 0 Å². The molecule has 1 aliphatic rings. The molecule has 3 amide bonds. The van der Waals surface area contributed by atoms with E-state index in [1.807, 2.05) is 24.8 Å². The normalized spacial score (nSPS) is 17.3. The van der Waals surface area contributed by atoms with Gasteiger partial charge in [0.05, 0.1) is 16.0 Å². The van der Waals surface area contributed by atoms with Gasteiger partial charge in [0.2, 0.25) is 5.91 Å². The van der Waals surface area contributed by atoms with Crippen molar-refractivity contribution < 1.29 is 9.59 Å². The number of benzene rings is 1. The summed E-state index contributed by atoms with van der Waals surface area (Å²) in [5.74, 6) is 0.0383. The van der Waals surface area contributed by atoms with E-state index in [1.54, 1.807) is 17.0 Å². The number of hydrogen-bond acceptors (Lipinski definition) is 2. The van der Waals surface area contributed by atoms with Crippen LogP contribution in [0, 0.1) is 5.92 Å². The average Bonchev–Trinajstić information content (AvgIpc) is 2.63. The Kier molecular flexibility index (Phi) is 7.38. The zero-order valence-electron chi connectivity index (χ0n) is 14.7. The SMILES string of the molecule is CCN(CC)C(=O)C1CCCN(C(=O)NCc2ccc(Cl)c(Cl)c2)C1. The number of nitrogens with zero attached hydrogens (tertiary/aromatic N) is 2. The lowest BCUT2D eigenvalue weighted by Crippen LogP contribution is -2.49. The van der Waals surface area contributed by atoms with Crippen molar-refractivity contribution >= 4 is 35.1 Å². The quantitative estimate of drug-likeness (QED) is 0.837. The number of rotatable bonds is 5. The zero-order chi connectivity index (χ0) is 18.4. The maximum Gasteiger partial charge on any atom is 0.317 e. The van der Waals surface area contributed by atoms with Crippen molar-refractivity contribution in [2.45, 2.75) is 33.2 Å². The van der Waals surface area contributed by atoms with E-state index in [9.17, 15) is 9.59 Å². The maximum absolute atomic E-state index is 12.5. The molecule has 1 aromatic rings. The molecule has 7 heteroatoms. The number of hydrogen-bond donors (Lipinski definition) is 1. The molecular formula is C18H25Cl2N3O2. The Labute approximate surface area is 159 Å². The molecule has 0 spiro atoms. The van der Waals surface area contributed by atoms with Gasteiger partial charge in [-0.15, -0.1) is 0 Å². The van der Waals surface area contributed by atoms with Gasteiger partial charge >= 0.3 is 6.03 Å². The summed E-state index contributed by atoms with van der Waals surface area (Å²) in [6.07, 6.45) is 1.68. The number of nitrogens with one attached hydrogen (secondary N) is 1. The van der Waals surface area contributed by atoms with Crippen LogP contribution in [0.4, 0.5) is 4.79 Å². The Hall–Kier alpha value is -1.46. The summed E-state index contributed by atoms with van der Waals surface area (Å²) in [5, 5.41) is 3.85. The highest BCUT2D eigenvalue weighted by Gasteiger charge is 2.30. The van der Waals surface area contributed by atoms with E-state index < -0.39 is 0 Å². The Bertz CT molecular complexity index is 620. The number of urea groups is 1. The minimum absolute atomic E-state index is 0.107. The van der Waals surface area contributed by atoms with E-state index in [0.29, 0.717) is 42.8 Å². The van der Waals surface area contributed by atoms with Crippen molar-refractivity contribution in [2.24, 2.45) is 5.92 Å². The van der Waals surface area contributed by atoms with Gasteiger partial charge in [0, 0.05) is 32.7 Å². The first-order valence-electron chi connectivity index (χ1n) is 8.71. The van der Waals surface area contributed by atoms with Crippen molar-refractivity contribution in [2.75, 3.05) is 26.2 Å². The molecule has 138 valence electrons. The Morgan fingerprint density at radius 2 is 1.96 bits per heavy atom. The second-order valence-electron chi connectivity index (χ2n) is 6.20. The van der Waals surface area contributed by atoms with Crippen LogP contribution in [0.3, 0.4) is 0 Å². The first kappa shape index (κ1) is 19.9. The number of piperidine rings is 1. The Morgan fingerprint density at radius 1 is 1.24 bits per heavy atom. The van der Waals surface area contributed by atoms with Crippen LogP contribution < -0.4 is 5.32 Å². The van der Waals surface area contributed by atoms with Crippen molar-refractivity contribution in [3.63, 3.8) is 0 Å². The molecule has 1 aliphatic heterocycles. The van der Waals surface area contributed by atoms with E-state index in [0.717, 1.165) is 18.4 Å². The van der Waals surface area contributed by atoms with E-state index in [1.165, 1.54) is 0 Å². The van der Waals surface area contributed by atoms with Gasteiger partial charge in [-0.05, 0) is 44.4 Å². The first-order valence-corrected chi connectivity index (χ1v) is 9.47. The fourth-order valence-corrected chi connectivity index (χ4v) is 3.42. The molecular weight excluding hydrogens is 361 g/mol. The highest BCUT2D eigenvalue weighted by atomic mass is 35.5. The van der Waals surface area contributed by atoms with Gasteiger partial charge < -0.3 is 15.1 Å². The summed E-state index contributed by atoms with van der Waals surface area (Å²) in [5.41, 5.74) is 0.885. The summed E-state index contributed by atoms with van der Waals surface area (Å²) in [7, 11) is 0. The fraction of sp³-hybridized carbons (Fsp3) is 0.556. The molecule has 1 saturated heterocycles. The first-order chi connectivity index (χ1) is 12.0. The summed E-state index contributed by atoms with van der Waals surface area (Å²) in [4.78, 5) is 28.5. The highest BCUT2D eigenvalue weighted by Crippen LogP contribution is 2.23. The molecule has 0 radical (unpaired) electrons. The van der Waals surface area contributed by atoms with Crippen molar-refractivity contribution in [3.05, 3.63) is 33.8 Å². The van der Waals surface area contributed by atoms with Gasteiger partial charge in [-0.1, -0.05) is 29.3 Å². The van der Waals surface area contributed by atoms with Crippen LogP contribution in [0.15, 0.2) is 18.2 Å². The third-order valence-corrected chi connectivity index (χ3v) is 5.30. The average molecular weight is 386 g/mol. The standard InChI is InChI=1S/C18H25Cl2N3O2/c1-3-22(4-2)17(24)14-6-5-9-23(12-14)18(25)21-11-13-7-8-15(19)16(20)10-13/h7-8,10,14H,3-6,9,11-12H2,1-2H3,(H,21,25). The molecule has 0 bridgehead atoms. The molecule has 1 heterocycles. The van der Waals surface area contributed by atoms with Gasteiger partial charge in [-0.2, -0.15) is 0 Å². The molecule has 1 fully saturated rings. The van der Waals surface area contributed by atoms with Crippen LogP contribution in [0.2, 0.25) is 10.0 Å². The smallest absolute Gasteiger partial charge is 0.317 e. The minimum Gasteiger partial charge on any atom is -0.343 e. The molecule has 25 heavy (non-hydrogen) atoms. The van der Waals surface area contributed by atoms with Crippen LogP contribution >= 0.6 is 23.2 Å². The number of halogens is 2. The van der Waals surface area contributed by atoms with E-state index >= 15 is 0 Å². The molecule has 1 N–H and O–H groups in total. The highest BCUT2D eigenvalue weighted by molar-refractivity contribution is 6.42. The minimum atomic E-state index is -0.150. The molecule has 1 aromatic carbocycles. The van der Waals surface area contributed by atoms with Crippen LogP contribution in [0.1, 0.15) is 32.3 Å². The molecule has 2 rings (SSSR count). The fourth-order valence-electron chi connectivity index (χ4n) is 3.10. The molecule has 0 saturated carbocycles. The largest absolute Gasteiger partial charge is 0.343 e. The topological polar surface area (TPSA) is 52.7 Å². The monoisotopic (exact) mass is 385 g/mol. The second-order valence-corrected chi connectivity index (χ2v) is 7.02. The predicted molar refractivity (Wildman–Crippen MR) is 101 cm³/mol. The van der Waals surface area contributed by atoms with Crippen LogP contribution in [0.25, 0.3) is 0 Å². The maximum atomic E-state index is 12.5. The summed E-state index contributed by atoms with van der Waals surface area (Å²) >= 11 is 11.9. The third-order valence-electron chi connectivity index (χ3n) is 4.56. The number of amides is 3. The van der Waals surface area contributed by atoms with Crippen LogP contribution in [0.5, 0.6) is 0 Å². The number of carbonyl (C=O) groups excluding carboxylic acids is 2. The molecule has 0 aromatic heterocycles. The van der Waals surface area contributed by atoms with E-state index in [-0.39, 0.29) is 17.9 Å². The van der Waals surface area contributed by atoms with E-state index in [2.05, 4.69) is 5.32 Å². The van der Waals surface area contributed by atoms with Crippen LogP contribution in [-0.4, -0.2) is 47.9 Å². The van der Waals surface area contributed by atoms with Gasteiger partial charge in [-0.25, -0.2) is 4.79 Å². The second kappa shape index (κ2) is 9.30. The number of carbonyl (C=O) groups is 2.